The number of fused-ring (bicyclic) bond motifs is 1. The molecule has 0 bridgehead atoms. The smallest absolute Gasteiger partial charge is 0.107 e. The first-order valence-corrected chi connectivity index (χ1v) is 5.24. The Labute approximate surface area is 89.5 Å². The molecular formula is C12H16N2O. The number of ether oxygens (including phenoxy) is 1. The molecule has 80 valence electrons. The minimum absolute atomic E-state index is 0.788. The molecule has 0 spiro atoms. The minimum atomic E-state index is 0.788. The first-order chi connectivity index (χ1) is 7.29. The predicted molar refractivity (Wildman–Crippen MR) is 61.0 cm³/mol. The van der Waals surface area contributed by atoms with E-state index in [-0.39, 0.29) is 0 Å². The van der Waals surface area contributed by atoms with E-state index in [1.54, 1.807) is 7.11 Å². The second kappa shape index (κ2) is 4.45. The van der Waals surface area contributed by atoms with Crippen LogP contribution in [0.4, 0.5) is 0 Å². The highest BCUT2D eigenvalue weighted by Crippen LogP contribution is 2.13. The predicted octanol–water partition coefficient (Wildman–Crippen LogP) is 2.45. The lowest BCUT2D eigenvalue weighted by Gasteiger charge is -1.95. The third-order valence-electron chi connectivity index (χ3n) is 2.45. The van der Waals surface area contributed by atoms with Crippen LogP contribution in [-0.2, 0) is 11.2 Å². The van der Waals surface area contributed by atoms with Crippen molar-refractivity contribution in [3.63, 3.8) is 0 Å². The largest absolute Gasteiger partial charge is 0.385 e. The van der Waals surface area contributed by atoms with Gasteiger partial charge in [-0.15, -0.1) is 0 Å². The Morgan fingerprint density at radius 2 is 2.27 bits per heavy atom. The number of rotatable bonds is 4. The maximum atomic E-state index is 5.02. The highest BCUT2D eigenvalue weighted by atomic mass is 16.5. The summed E-state index contributed by atoms with van der Waals surface area (Å²) in [7, 11) is 1.72. The van der Waals surface area contributed by atoms with E-state index >= 15 is 0 Å². The van der Waals surface area contributed by atoms with Gasteiger partial charge in [0, 0.05) is 20.1 Å². The number of hydrogen-bond acceptors (Lipinski definition) is 2. The number of nitrogens with zero attached hydrogens (tertiary/aromatic N) is 1. The van der Waals surface area contributed by atoms with E-state index in [4.69, 9.17) is 4.74 Å². The lowest BCUT2D eigenvalue weighted by molar-refractivity contribution is 0.194. The molecule has 3 nitrogen and oxygen atoms in total. The van der Waals surface area contributed by atoms with Gasteiger partial charge in [0.2, 0.25) is 0 Å². The Hall–Kier alpha value is -1.35. The molecule has 0 saturated carbocycles. The molecule has 0 aliphatic heterocycles. The summed E-state index contributed by atoms with van der Waals surface area (Å²) in [5, 5.41) is 0. The Morgan fingerprint density at radius 1 is 1.40 bits per heavy atom. The summed E-state index contributed by atoms with van der Waals surface area (Å²) >= 11 is 0. The van der Waals surface area contributed by atoms with Crippen molar-refractivity contribution in [3.8, 4) is 0 Å². The van der Waals surface area contributed by atoms with E-state index in [0.29, 0.717) is 0 Å². The third kappa shape index (κ3) is 2.36. The molecule has 2 rings (SSSR count). The van der Waals surface area contributed by atoms with Crippen LogP contribution in [0.25, 0.3) is 11.0 Å². The number of methoxy groups -OCH3 is 1. The van der Waals surface area contributed by atoms with Gasteiger partial charge in [0.05, 0.1) is 11.0 Å². The number of nitrogens with one attached hydrogen (secondary N) is 1. The van der Waals surface area contributed by atoms with E-state index in [2.05, 4.69) is 35.1 Å². The summed E-state index contributed by atoms with van der Waals surface area (Å²) in [6.07, 6.45) is 1.96. The summed E-state index contributed by atoms with van der Waals surface area (Å²) in [5.74, 6) is 1.05. The van der Waals surface area contributed by atoms with Gasteiger partial charge in [-0.3, -0.25) is 0 Å². The molecule has 0 aliphatic carbocycles. The van der Waals surface area contributed by atoms with Gasteiger partial charge in [-0.25, -0.2) is 4.98 Å². The number of aromatic amines is 1. The Morgan fingerprint density at radius 3 is 3.07 bits per heavy atom. The summed E-state index contributed by atoms with van der Waals surface area (Å²) < 4.78 is 5.02. The molecule has 1 aromatic heterocycles. The van der Waals surface area contributed by atoms with Crippen molar-refractivity contribution in [1.82, 2.24) is 9.97 Å². The van der Waals surface area contributed by atoms with E-state index in [0.717, 1.165) is 36.3 Å². The SMILES string of the molecule is COCCCc1nc2ccc(C)cc2[nH]1. The van der Waals surface area contributed by atoms with Crippen LogP contribution < -0.4 is 0 Å². The van der Waals surface area contributed by atoms with Crippen LogP contribution in [0, 0.1) is 6.92 Å². The van der Waals surface area contributed by atoms with Gasteiger partial charge in [0.1, 0.15) is 5.82 Å². The van der Waals surface area contributed by atoms with E-state index in [9.17, 15) is 0 Å². The number of aryl methyl sites for hydroxylation is 2. The average Bonchev–Trinajstić information content (AvgIpc) is 2.60. The van der Waals surface area contributed by atoms with Gasteiger partial charge in [-0.1, -0.05) is 6.07 Å². The molecule has 2 aromatic rings. The summed E-state index contributed by atoms with van der Waals surface area (Å²) in [5.41, 5.74) is 3.44. The molecule has 0 radical (unpaired) electrons. The lowest BCUT2D eigenvalue weighted by atomic mass is 10.2. The molecule has 0 aliphatic rings. The fourth-order valence-electron chi connectivity index (χ4n) is 1.68. The van der Waals surface area contributed by atoms with Crippen molar-refractivity contribution in [2.75, 3.05) is 13.7 Å². The number of H-pyrrole nitrogens is 1. The van der Waals surface area contributed by atoms with Crippen LogP contribution in [-0.4, -0.2) is 23.7 Å². The van der Waals surface area contributed by atoms with Crippen molar-refractivity contribution < 1.29 is 4.74 Å². The quantitative estimate of drug-likeness (QED) is 0.777. The normalized spacial score (nSPS) is 11.1. The highest BCUT2D eigenvalue weighted by molar-refractivity contribution is 5.75. The van der Waals surface area contributed by atoms with Crippen LogP contribution in [0.1, 0.15) is 17.8 Å². The van der Waals surface area contributed by atoms with Gasteiger partial charge in [0.25, 0.3) is 0 Å². The Bertz CT molecular complexity index is 448. The van der Waals surface area contributed by atoms with Crippen molar-refractivity contribution in [2.45, 2.75) is 19.8 Å². The molecule has 0 fully saturated rings. The summed E-state index contributed by atoms with van der Waals surface area (Å²) in [4.78, 5) is 7.84. The van der Waals surface area contributed by atoms with Crippen molar-refractivity contribution in [1.29, 1.82) is 0 Å². The zero-order valence-corrected chi connectivity index (χ0v) is 9.21. The molecular weight excluding hydrogens is 188 g/mol. The van der Waals surface area contributed by atoms with E-state index < -0.39 is 0 Å². The van der Waals surface area contributed by atoms with Gasteiger partial charge in [0.15, 0.2) is 0 Å². The molecule has 0 amide bonds. The third-order valence-corrected chi connectivity index (χ3v) is 2.45. The maximum Gasteiger partial charge on any atom is 0.107 e. The zero-order chi connectivity index (χ0) is 10.7. The van der Waals surface area contributed by atoms with Crippen molar-refractivity contribution in [3.05, 3.63) is 29.6 Å². The summed E-state index contributed by atoms with van der Waals surface area (Å²) in [6, 6.07) is 6.27. The molecule has 1 heterocycles. The van der Waals surface area contributed by atoms with Crippen LogP contribution in [0.15, 0.2) is 18.2 Å². The van der Waals surface area contributed by atoms with Gasteiger partial charge >= 0.3 is 0 Å². The first-order valence-electron chi connectivity index (χ1n) is 5.24. The molecule has 15 heavy (non-hydrogen) atoms. The van der Waals surface area contributed by atoms with E-state index in [1.807, 2.05) is 0 Å². The minimum Gasteiger partial charge on any atom is -0.385 e. The summed E-state index contributed by atoms with van der Waals surface area (Å²) in [6.45, 7) is 2.88. The zero-order valence-electron chi connectivity index (χ0n) is 9.21. The van der Waals surface area contributed by atoms with Crippen LogP contribution in [0.3, 0.4) is 0 Å². The molecule has 0 saturated heterocycles. The molecule has 1 aromatic carbocycles. The topological polar surface area (TPSA) is 37.9 Å². The molecule has 0 atom stereocenters. The monoisotopic (exact) mass is 204 g/mol. The van der Waals surface area contributed by atoms with Gasteiger partial charge < -0.3 is 9.72 Å². The van der Waals surface area contributed by atoms with Crippen molar-refractivity contribution in [2.24, 2.45) is 0 Å². The molecule has 3 heteroatoms. The Balaban J connectivity index is 2.16. The number of aromatic nitrogens is 2. The van der Waals surface area contributed by atoms with Crippen LogP contribution >= 0.6 is 0 Å². The van der Waals surface area contributed by atoms with Gasteiger partial charge in [-0.05, 0) is 31.0 Å². The lowest BCUT2D eigenvalue weighted by Crippen LogP contribution is -1.93. The van der Waals surface area contributed by atoms with E-state index in [1.165, 1.54) is 5.56 Å². The van der Waals surface area contributed by atoms with Crippen LogP contribution in [0.2, 0.25) is 0 Å². The number of imidazole rings is 1. The Kier molecular flexibility index (Phi) is 3.02. The number of hydrogen-bond donors (Lipinski definition) is 1. The molecule has 1 N–H and O–H groups in total. The van der Waals surface area contributed by atoms with Crippen LogP contribution in [0.5, 0.6) is 0 Å². The fourth-order valence-corrected chi connectivity index (χ4v) is 1.68. The fraction of sp³-hybridized carbons (Fsp3) is 0.417. The number of benzene rings is 1. The van der Waals surface area contributed by atoms with Crippen molar-refractivity contribution >= 4 is 11.0 Å². The molecule has 0 unspecified atom stereocenters. The van der Waals surface area contributed by atoms with Gasteiger partial charge in [-0.2, -0.15) is 0 Å². The second-order valence-electron chi connectivity index (χ2n) is 3.80. The standard InChI is InChI=1S/C12H16N2O/c1-9-5-6-10-11(8-9)14-12(13-10)4-3-7-15-2/h5-6,8H,3-4,7H2,1-2H3,(H,13,14). The first kappa shape index (κ1) is 10.2. The maximum absolute atomic E-state index is 5.02. The highest BCUT2D eigenvalue weighted by Gasteiger charge is 2.02. The average molecular weight is 204 g/mol. The second-order valence-corrected chi connectivity index (χ2v) is 3.80.